The Hall–Kier alpha value is -3.16. The van der Waals surface area contributed by atoms with E-state index in [9.17, 15) is 14.4 Å². The molecule has 2 fully saturated rings. The molecule has 3 atom stereocenters. The zero-order chi connectivity index (χ0) is 29.2. The van der Waals surface area contributed by atoms with Gasteiger partial charge in [-0.05, 0) is 50.5 Å². The molecule has 1 aromatic heterocycles. The molecule has 1 aliphatic heterocycles. The smallest absolute Gasteiger partial charge is 0.242 e. The number of benzene rings is 1. The maximum Gasteiger partial charge on any atom is 0.242 e. The third-order valence-electron chi connectivity index (χ3n) is 8.65. The van der Waals surface area contributed by atoms with Crippen molar-refractivity contribution in [1.29, 1.82) is 0 Å². The predicted octanol–water partition coefficient (Wildman–Crippen LogP) is 6.82. The molecule has 1 saturated heterocycles. The molecule has 2 N–H and O–H groups in total. The second-order valence-electron chi connectivity index (χ2n) is 11.3. The number of pyridine rings is 1. The van der Waals surface area contributed by atoms with Crippen LogP contribution in [0.25, 0.3) is 0 Å². The topological polar surface area (TPSA) is 88.2 Å². The van der Waals surface area contributed by atoms with Crippen molar-refractivity contribution in [3.63, 3.8) is 0 Å². The van der Waals surface area contributed by atoms with Gasteiger partial charge in [-0.15, -0.1) is 0 Å². The molecule has 4 rings (SSSR count). The number of hydrogen-bond acceptors (Lipinski definition) is 5. The van der Waals surface area contributed by atoms with E-state index in [-0.39, 0.29) is 28.1 Å². The van der Waals surface area contributed by atoms with Gasteiger partial charge in [-0.2, -0.15) is 0 Å². The van der Waals surface area contributed by atoms with Crippen LogP contribution < -0.4 is 10.6 Å². The van der Waals surface area contributed by atoms with Crippen molar-refractivity contribution in [3.8, 4) is 0 Å². The molecule has 40 heavy (non-hydrogen) atoms. The van der Waals surface area contributed by atoms with E-state index in [1.165, 1.54) is 19.2 Å². The zero-order valence-electron chi connectivity index (χ0n) is 23.5. The highest BCUT2D eigenvalue weighted by Gasteiger charge is 2.68. The van der Waals surface area contributed by atoms with Crippen LogP contribution in [0.1, 0.15) is 81.8 Å². The largest absolute Gasteiger partial charge is 0.323 e. The minimum Gasteiger partial charge on any atom is -0.323 e. The van der Waals surface area contributed by atoms with Crippen LogP contribution in [0.4, 0.5) is 10.1 Å². The minimum absolute atomic E-state index is 0.0707. The highest BCUT2D eigenvalue weighted by molar-refractivity contribution is 6.30. The predicted molar refractivity (Wildman–Crippen MR) is 156 cm³/mol. The van der Waals surface area contributed by atoms with Crippen LogP contribution in [0, 0.1) is 17.2 Å². The Labute approximate surface area is 240 Å². The molecule has 1 amide bonds. The molecule has 1 spiro atoms. The maximum atomic E-state index is 15.8. The van der Waals surface area contributed by atoms with E-state index >= 15 is 4.39 Å². The molecule has 1 saturated carbocycles. The molecule has 2 aromatic rings. The molecule has 6 nitrogen and oxygen atoms in total. The summed E-state index contributed by atoms with van der Waals surface area (Å²) in [5, 5.41) is 6.42. The molecule has 2 heterocycles. The van der Waals surface area contributed by atoms with Gasteiger partial charge >= 0.3 is 0 Å². The van der Waals surface area contributed by atoms with Gasteiger partial charge in [-0.3, -0.25) is 24.7 Å². The molecule has 8 heteroatoms. The fourth-order valence-corrected chi connectivity index (χ4v) is 7.20. The number of Topliss-reactive ketones (excluding diaryl/α,β-unsaturated/α-hetero) is 2. The number of halogens is 2. The van der Waals surface area contributed by atoms with Crippen LogP contribution in [-0.4, -0.2) is 34.0 Å². The number of nitrogens with zero attached hydrogens (tertiary/aromatic N) is 1. The normalized spacial score (nSPS) is 24.2. The Morgan fingerprint density at radius 3 is 2.42 bits per heavy atom. The maximum absolute atomic E-state index is 15.8. The second-order valence-corrected chi connectivity index (χ2v) is 11.7. The SMILES string of the molecule is C=C/C=C(\C)[C@]1(C(C)=O)[C@@H](c2cccc(Cl)c2F)[C@H](C(=O)Nc2ccc(C(=O)C(C)C)nc2)NC12CCCCC2. The van der Waals surface area contributed by atoms with Crippen molar-refractivity contribution in [3.05, 3.63) is 82.9 Å². The van der Waals surface area contributed by atoms with Crippen molar-refractivity contribution in [2.24, 2.45) is 11.3 Å². The summed E-state index contributed by atoms with van der Waals surface area (Å²) in [6.07, 6.45) is 8.94. The van der Waals surface area contributed by atoms with Gasteiger partial charge in [0.15, 0.2) is 5.78 Å². The van der Waals surface area contributed by atoms with E-state index in [1.54, 1.807) is 50.3 Å². The first-order valence-corrected chi connectivity index (χ1v) is 14.2. The van der Waals surface area contributed by atoms with Crippen molar-refractivity contribution >= 4 is 34.8 Å². The molecule has 2 aliphatic rings. The Kier molecular flexibility index (Phi) is 8.76. The quantitative estimate of drug-likeness (QED) is 0.271. The number of aromatic nitrogens is 1. The lowest BCUT2D eigenvalue weighted by Gasteiger charge is -2.50. The fourth-order valence-electron chi connectivity index (χ4n) is 7.02. The second kappa shape index (κ2) is 11.8. The van der Waals surface area contributed by atoms with E-state index in [2.05, 4.69) is 22.2 Å². The lowest BCUT2D eigenvalue weighted by atomic mass is 9.53. The standard InChI is InChI=1S/C32H37ClFN3O3/c1-6-11-20(4)32(21(5)38)26(23-12-10-13-24(33)27(23)34)28(37-31(32)16-8-7-9-17-31)30(40)36-22-14-15-25(35-18-22)29(39)19(2)3/h6,10-15,18-19,26,28,37H,1,7-9,16-17H2,2-5H3,(H,36,40)/b20-11+/t26-,28+,32-/m0/s1. The van der Waals surface area contributed by atoms with Gasteiger partial charge in [0.2, 0.25) is 5.91 Å². The summed E-state index contributed by atoms with van der Waals surface area (Å²) >= 11 is 6.26. The third kappa shape index (κ3) is 4.94. The van der Waals surface area contributed by atoms with Gasteiger partial charge in [0.1, 0.15) is 17.3 Å². The number of ketones is 2. The summed E-state index contributed by atoms with van der Waals surface area (Å²) in [7, 11) is 0. The molecule has 0 radical (unpaired) electrons. The molecule has 1 aliphatic carbocycles. The van der Waals surface area contributed by atoms with Crippen LogP contribution in [0.5, 0.6) is 0 Å². The number of rotatable bonds is 8. The van der Waals surface area contributed by atoms with E-state index < -0.39 is 34.6 Å². The summed E-state index contributed by atoms with van der Waals surface area (Å²) in [6.45, 7) is 10.8. The number of carbonyl (C=O) groups excluding carboxylic acids is 3. The van der Waals surface area contributed by atoms with Gasteiger partial charge in [0.05, 0.1) is 28.4 Å². The van der Waals surface area contributed by atoms with Gasteiger partial charge in [0.25, 0.3) is 0 Å². The van der Waals surface area contributed by atoms with Crippen LogP contribution in [0.15, 0.2) is 60.8 Å². The first-order chi connectivity index (χ1) is 19.0. The van der Waals surface area contributed by atoms with Crippen LogP contribution in [0.2, 0.25) is 5.02 Å². The van der Waals surface area contributed by atoms with Crippen LogP contribution in [0.3, 0.4) is 0 Å². The first-order valence-electron chi connectivity index (χ1n) is 13.8. The van der Waals surface area contributed by atoms with Crippen molar-refractivity contribution < 1.29 is 18.8 Å². The first kappa shape index (κ1) is 29.8. The summed E-state index contributed by atoms with van der Waals surface area (Å²) in [4.78, 5) is 44.6. The summed E-state index contributed by atoms with van der Waals surface area (Å²) < 4.78 is 15.8. The average Bonchev–Trinajstić information content (AvgIpc) is 3.21. The fraction of sp³-hybridized carbons (Fsp3) is 0.438. The number of anilines is 1. The number of carbonyl (C=O) groups is 3. The Balaban J connectivity index is 1.87. The molecular weight excluding hydrogens is 529 g/mol. The van der Waals surface area contributed by atoms with Crippen molar-refractivity contribution in [1.82, 2.24) is 10.3 Å². The summed E-state index contributed by atoms with van der Waals surface area (Å²) in [5.74, 6) is -2.39. The summed E-state index contributed by atoms with van der Waals surface area (Å²) in [6, 6.07) is 6.97. The molecule has 1 aromatic carbocycles. The van der Waals surface area contributed by atoms with Gasteiger partial charge in [0, 0.05) is 17.4 Å². The molecule has 0 bridgehead atoms. The van der Waals surface area contributed by atoms with Crippen molar-refractivity contribution in [2.45, 2.75) is 77.3 Å². The third-order valence-corrected chi connectivity index (χ3v) is 8.94. The lowest BCUT2D eigenvalue weighted by Crippen LogP contribution is -2.58. The van der Waals surface area contributed by atoms with E-state index in [0.29, 0.717) is 24.2 Å². The molecule has 0 unspecified atom stereocenters. The lowest BCUT2D eigenvalue weighted by molar-refractivity contribution is -0.129. The van der Waals surface area contributed by atoms with Crippen LogP contribution in [-0.2, 0) is 9.59 Å². The molecular formula is C32H37ClFN3O3. The highest BCUT2D eigenvalue weighted by atomic mass is 35.5. The van der Waals surface area contributed by atoms with Gasteiger partial charge < -0.3 is 5.32 Å². The average molecular weight is 566 g/mol. The number of amides is 1. The van der Waals surface area contributed by atoms with Crippen LogP contribution >= 0.6 is 11.6 Å². The minimum atomic E-state index is -1.22. The number of nitrogens with one attached hydrogen (secondary N) is 2. The van der Waals surface area contributed by atoms with E-state index in [4.69, 9.17) is 11.6 Å². The van der Waals surface area contributed by atoms with Crippen molar-refractivity contribution in [2.75, 3.05) is 5.32 Å². The Morgan fingerprint density at radius 2 is 1.85 bits per heavy atom. The Morgan fingerprint density at radius 1 is 1.15 bits per heavy atom. The van der Waals surface area contributed by atoms with Gasteiger partial charge in [-0.1, -0.05) is 81.1 Å². The van der Waals surface area contributed by atoms with E-state index in [1.807, 2.05) is 6.92 Å². The summed E-state index contributed by atoms with van der Waals surface area (Å²) in [5.41, 5.74) is -0.344. The Bertz CT molecular complexity index is 1350. The monoisotopic (exact) mass is 565 g/mol. The van der Waals surface area contributed by atoms with E-state index in [0.717, 1.165) is 24.8 Å². The number of hydrogen-bond donors (Lipinski definition) is 2. The molecule has 212 valence electrons. The van der Waals surface area contributed by atoms with Gasteiger partial charge in [-0.25, -0.2) is 4.39 Å². The zero-order valence-corrected chi connectivity index (χ0v) is 24.3. The number of allylic oxidation sites excluding steroid dienone is 2. The highest BCUT2D eigenvalue weighted by Crippen LogP contribution is 2.61.